The van der Waals surface area contributed by atoms with Crippen LogP contribution in [0.1, 0.15) is 36.8 Å². The fraction of sp³-hybridized carbons (Fsp3) is 0.500. The van der Waals surface area contributed by atoms with E-state index < -0.39 is 0 Å². The molecule has 2 aromatic rings. The van der Waals surface area contributed by atoms with E-state index in [1.54, 1.807) is 0 Å². The zero-order valence-corrected chi connectivity index (χ0v) is 17.1. The summed E-state index contributed by atoms with van der Waals surface area (Å²) in [5.74, 6) is 1.59. The molecule has 0 aliphatic carbocycles. The van der Waals surface area contributed by atoms with E-state index in [0.29, 0.717) is 24.9 Å². The molecule has 1 amide bonds. The lowest BCUT2D eigenvalue weighted by atomic mass is 9.79. The minimum Gasteiger partial charge on any atom is -0.352 e. The number of rotatable bonds is 8. The lowest BCUT2D eigenvalue weighted by Gasteiger charge is -2.46. The molecule has 2 bridgehead atoms. The van der Waals surface area contributed by atoms with Gasteiger partial charge in [-0.05, 0) is 54.8 Å². The molecule has 0 saturated carbocycles. The quantitative estimate of drug-likeness (QED) is 0.725. The van der Waals surface area contributed by atoms with Gasteiger partial charge in [-0.15, -0.1) is 0 Å². The molecule has 2 saturated heterocycles. The van der Waals surface area contributed by atoms with Gasteiger partial charge < -0.3 is 10.6 Å². The molecule has 1 aromatic carbocycles. The van der Waals surface area contributed by atoms with E-state index >= 15 is 0 Å². The minimum absolute atomic E-state index is 0.157. The number of nitrogens with one attached hydrogen (secondary N) is 2. The largest absolute Gasteiger partial charge is 0.352 e. The van der Waals surface area contributed by atoms with Crippen molar-refractivity contribution in [1.29, 1.82) is 0 Å². The van der Waals surface area contributed by atoms with Crippen molar-refractivity contribution in [3.63, 3.8) is 0 Å². The molecule has 0 spiro atoms. The number of benzene rings is 1. The van der Waals surface area contributed by atoms with Gasteiger partial charge in [0, 0.05) is 51.0 Å². The fourth-order valence-electron chi connectivity index (χ4n) is 4.86. The first-order valence-electron chi connectivity index (χ1n) is 10.9. The van der Waals surface area contributed by atoms with E-state index in [4.69, 9.17) is 0 Å². The van der Waals surface area contributed by atoms with Gasteiger partial charge in [0.1, 0.15) is 0 Å². The topological polar surface area (TPSA) is 57.3 Å². The van der Waals surface area contributed by atoms with Crippen LogP contribution >= 0.6 is 0 Å². The third-order valence-electron chi connectivity index (χ3n) is 6.26. The molecule has 0 radical (unpaired) electrons. The van der Waals surface area contributed by atoms with Crippen LogP contribution < -0.4 is 10.6 Å². The third kappa shape index (κ3) is 5.87. The van der Waals surface area contributed by atoms with Crippen LogP contribution in [0.2, 0.25) is 0 Å². The number of fused-ring (bicyclic) bond motifs is 2. The highest BCUT2D eigenvalue weighted by atomic mass is 16.1. The lowest BCUT2D eigenvalue weighted by molar-refractivity contribution is -0.121. The molecule has 2 fully saturated rings. The normalized spacial score (nSPS) is 24.2. The Morgan fingerprint density at radius 3 is 2.83 bits per heavy atom. The molecule has 3 heterocycles. The highest BCUT2D eigenvalue weighted by Gasteiger charge is 2.36. The van der Waals surface area contributed by atoms with Crippen molar-refractivity contribution in [2.45, 2.75) is 44.8 Å². The molecule has 154 valence electrons. The summed E-state index contributed by atoms with van der Waals surface area (Å²) in [6.45, 7) is 5.03. The molecule has 5 heteroatoms. The fourth-order valence-corrected chi connectivity index (χ4v) is 4.86. The van der Waals surface area contributed by atoms with E-state index in [-0.39, 0.29) is 5.91 Å². The zero-order valence-electron chi connectivity index (χ0n) is 17.1. The summed E-state index contributed by atoms with van der Waals surface area (Å²) < 4.78 is 0. The maximum absolute atomic E-state index is 12.2. The van der Waals surface area contributed by atoms with Crippen molar-refractivity contribution < 1.29 is 4.79 Å². The van der Waals surface area contributed by atoms with Crippen LogP contribution in [0, 0.1) is 11.8 Å². The summed E-state index contributed by atoms with van der Waals surface area (Å²) in [7, 11) is 0. The predicted molar refractivity (Wildman–Crippen MR) is 115 cm³/mol. The highest BCUT2D eigenvalue weighted by molar-refractivity contribution is 5.75. The summed E-state index contributed by atoms with van der Waals surface area (Å²) in [4.78, 5) is 19.0. The maximum Gasteiger partial charge on any atom is 0.220 e. The maximum atomic E-state index is 12.2. The number of carbonyl (C=O) groups is 1. The number of hydrogen-bond acceptors (Lipinski definition) is 4. The van der Waals surface area contributed by atoms with Crippen LogP contribution in [0.3, 0.4) is 0 Å². The SMILES string of the molecule is O=C(CCC[C@H]1NCC2CC1CN(Cc1cccnc1)C2)NCc1ccccc1. The Balaban J connectivity index is 1.20. The molecule has 2 N–H and O–H groups in total. The Morgan fingerprint density at radius 2 is 2.00 bits per heavy atom. The number of hydrogen-bond donors (Lipinski definition) is 2. The van der Waals surface area contributed by atoms with Gasteiger partial charge in [0.2, 0.25) is 5.91 Å². The van der Waals surface area contributed by atoms with Crippen molar-refractivity contribution >= 4 is 5.91 Å². The first-order valence-corrected chi connectivity index (χ1v) is 10.9. The Morgan fingerprint density at radius 1 is 1.14 bits per heavy atom. The van der Waals surface area contributed by atoms with Crippen molar-refractivity contribution in [1.82, 2.24) is 20.5 Å². The molecule has 5 nitrogen and oxygen atoms in total. The minimum atomic E-state index is 0.157. The number of pyridine rings is 1. The molecular formula is C24H32N4O. The average Bonchev–Trinajstić information content (AvgIpc) is 2.75. The van der Waals surface area contributed by atoms with Gasteiger partial charge in [0.15, 0.2) is 0 Å². The molecule has 4 rings (SSSR count). The Bertz CT molecular complexity index is 767. The number of nitrogens with zero attached hydrogens (tertiary/aromatic N) is 2. The second-order valence-corrected chi connectivity index (χ2v) is 8.59. The second-order valence-electron chi connectivity index (χ2n) is 8.59. The van der Waals surface area contributed by atoms with Crippen molar-refractivity contribution in [2.75, 3.05) is 19.6 Å². The first kappa shape index (κ1) is 20.0. The van der Waals surface area contributed by atoms with Gasteiger partial charge in [-0.1, -0.05) is 36.4 Å². The molecule has 3 atom stereocenters. The van der Waals surface area contributed by atoms with E-state index in [0.717, 1.165) is 44.0 Å². The van der Waals surface area contributed by atoms with Crippen LogP contribution in [0.5, 0.6) is 0 Å². The summed E-state index contributed by atoms with van der Waals surface area (Å²) >= 11 is 0. The van der Waals surface area contributed by atoms with Crippen LogP contribution in [-0.2, 0) is 17.9 Å². The van der Waals surface area contributed by atoms with E-state index in [1.807, 2.05) is 48.8 Å². The third-order valence-corrected chi connectivity index (χ3v) is 6.26. The molecule has 1 aromatic heterocycles. The predicted octanol–water partition coefficient (Wildman–Crippen LogP) is 2.98. The monoisotopic (exact) mass is 392 g/mol. The van der Waals surface area contributed by atoms with Gasteiger partial charge in [0.25, 0.3) is 0 Å². The van der Waals surface area contributed by atoms with Crippen LogP contribution in [0.4, 0.5) is 0 Å². The molecule has 2 unspecified atom stereocenters. The summed E-state index contributed by atoms with van der Waals surface area (Å²) in [5.41, 5.74) is 2.45. The van der Waals surface area contributed by atoms with Crippen LogP contribution in [-0.4, -0.2) is 41.5 Å². The number of piperidine rings is 2. The first-order chi connectivity index (χ1) is 14.3. The van der Waals surface area contributed by atoms with Crippen molar-refractivity contribution in [2.24, 2.45) is 11.8 Å². The van der Waals surface area contributed by atoms with E-state index in [2.05, 4.69) is 26.6 Å². The highest BCUT2D eigenvalue weighted by Crippen LogP contribution is 2.31. The molecule has 29 heavy (non-hydrogen) atoms. The Labute approximate surface area is 173 Å². The van der Waals surface area contributed by atoms with Gasteiger partial charge >= 0.3 is 0 Å². The Hall–Kier alpha value is -2.24. The molecule has 2 aliphatic rings. The number of amides is 1. The van der Waals surface area contributed by atoms with Gasteiger partial charge in [-0.25, -0.2) is 0 Å². The summed E-state index contributed by atoms with van der Waals surface area (Å²) in [6, 6.07) is 14.8. The number of carbonyl (C=O) groups excluding carboxylic acids is 1. The van der Waals surface area contributed by atoms with Crippen molar-refractivity contribution in [3.05, 3.63) is 66.0 Å². The second kappa shape index (κ2) is 9.99. The van der Waals surface area contributed by atoms with Crippen LogP contribution in [0.25, 0.3) is 0 Å². The van der Waals surface area contributed by atoms with Crippen LogP contribution in [0.15, 0.2) is 54.9 Å². The summed E-state index contributed by atoms with van der Waals surface area (Å²) in [5, 5.41) is 6.81. The van der Waals surface area contributed by atoms with E-state index in [1.165, 1.54) is 18.5 Å². The smallest absolute Gasteiger partial charge is 0.220 e. The average molecular weight is 393 g/mol. The zero-order chi connectivity index (χ0) is 19.9. The number of likely N-dealkylation sites (tertiary alicyclic amines) is 1. The molecular weight excluding hydrogens is 360 g/mol. The van der Waals surface area contributed by atoms with Gasteiger partial charge in [-0.2, -0.15) is 0 Å². The van der Waals surface area contributed by atoms with Gasteiger partial charge in [-0.3, -0.25) is 14.7 Å². The lowest BCUT2D eigenvalue weighted by Crippen LogP contribution is -2.55. The standard InChI is InChI=1S/C24H32N4O/c29-24(27-14-19-6-2-1-3-7-19)10-4-9-23-22-12-21(15-26-23)17-28(18-22)16-20-8-5-11-25-13-20/h1-3,5-8,11,13,21-23,26H,4,9-10,12,14-18H2,(H,27,29)/t21?,22?,23-/m1/s1. The number of aromatic nitrogens is 1. The Kier molecular flexibility index (Phi) is 6.91. The molecule has 2 aliphatic heterocycles. The van der Waals surface area contributed by atoms with Gasteiger partial charge in [0.05, 0.1) is 0 Å². The van der Waals surface area contributed by atoms with Crippen molar-refractivity contribution in [3.8, 4) is 0 Å². The summed E-state index contributed by atoms with van der Waals surface area (Å²) in [6.07, 6.45) is 7.78. The van der Waals surface area contributed by atoms with E-state index in [9.17, 15) is 4.79 Å².